The molecule has 0 aromatic rings. The lowest BCUT2D eigenvalue weighted by atomic mass is 9.98. The maximum atomic E-state index is 12.4. The summed E-state index contributed by atoms with van der Waals surface area (Å²) in [5, 5.41) is 3.48. The van der Waals surface area contributed by atoms with Crippen LogP contribution in [0.25, 0.3) is 0 Å². The van der Waals surface area contributed by atoms with E-state index in [-0.39, 0.29) is 18.1 Å². The standard InChI is InChI=1S/C17H32N2O2/c1-4-15-17(20)19(16(18-15)12-13(2)3)10-11-21-14-8-6-5-7-9-14/h13-16,18H,4-12H2,1-3H3. The molecule has 2 atom stereocenters. The zero-order valence-corrected chi connectivity index (χ0v) is 13.9. The predicted octanol–water partition coefficient (Wildman–Crippen LogP) is 2.92. The van der Waals surface area contributed by atoms with Gasteiger partial charge in [-0.15, -0.1) is 0 Å². The molecule has 2 aliphatic rings. The molecular weight excluding hydrogens is 264 g/mol. The summed E-state index contributed by atoms with van der Waals surface area (Å²) >= 11 is 0. The fourth-order valence-electron chi connectivity index (χ4n) is 3.50. The topological polar surface area (TPSA) is 41.6 Å². The fraction of sp³-hybridized carbons (Fsp3) is 0.941. The molecule has 1 aliphatic heterocycles. The van der Waals surface area contributed by atoms with E-state index in [0.717, 1.165) is 19.4 Å². The Bertz CT molecular complexity index is 327. The van der Waals surface area contributed by atoms with Crippen molar-refractivity contribution in [3.8, 4) is 0 Å². The molecule has 1 saturated carbocycles. The number of amides is 1. The number of rotatable bonds is 7. The van der Waals surface area contributed by atoms with E-state index in [1.165, 1.54) is 32.1 Å². The molecule has 2 unspecified atom stereocenters. The number of hydrogen-bond acceptors (Lipinski definition) is 3. The summed E-state index contributed by atoms with van der Waals surface area (Å²) in [6.07, 6.45) is 8.83. The average molecular weight is 296 g/mol. The van der Waals surface area contributed by atoms with Crippen molar-refractivity contribution in [1.82, 2.24) is 10.2 Å². The van der Waals surface area contributed by atoms with Crippen LogP contribution in [0.3, 0.4) is 0 Å². The van der Waals surface area contributed by atoms with Gasteiger partial charge in [0.25, 0.3) is 0 Å². The van der Waals surface area contributed by atoms with Gasteiger partial charge in [0.2, 0.25) is 5.91 Å². The molecule has 21 heavy (non-hydrogen) atoms. The first-order valence-electron chi connectivity index (χ1n) is 8.80. The largest absolute Gasteiger partial charge is 0.376 e. The van der Waals surface area contributed by atoms with Crippen molar-refractivity contribution in [1.29, 1.82) is 0 Å². The van der Waals surface area contributed by atoms with Crippen molar-refractivity contribution >= 4 is 5.91 Å². The highest BCUT2D eigenvalue weighted by Gasteiger charge is 2.37. The van der Waals surface area contributed by atoms with E-state index < -0.39 is 0 Å². The quantitative estimate of drug-likeness (QED) is 0.785. The van der Waals surface area contributed by atoms with Crippen LogP contribution < -0.4 is 5.32 Å². The first-order valence-corrected chi connectivity index (χ1v) is 8.80. The van der Waals surface area contributed by atoms with Gasteiger partial charge in [0, 0.05) is 6.54 Å². The van der Waals surface area contributed by atoms with E-state index >= 15 is 0 Å². The molecule has 2 rings (SSSR count). The molecule has 1 N–H and O–H groups in total. The molecule has 0 radical (unpaired) electrons. The predicted molar refractivity (Wildman–Crippen MR) is 85.0 cm³/mol. The monoisotopic (exact) mass is 296 g/mol. The van der Waals surface area contributed by atoms with Gasteiger partial charge >= 0.3 is 0 Å². The van der Waals surface area contributed by atoms with Crippen LogP contribution in [0.2, 0.25) is 0 Å². The van der Waals surface area contributed by atoms with Gasteiger partial charge in [-0.2, -0.15) is 0 Å². The molecule has 122 valence electrons. The average Bonchev–Trinajstić information content (AvgIpc) is 2.76. The Kier molecular flexibility index (Phi) is 6.49. The second-order valence-electron chi connectivity index (χ2n) is 6.94. The lowest BCUT2D eigenvalue weighted by Crippen LogP contribution is -2.40. The molecule has 1 heterocycles. The second-order valence-corrected chi connectivity index (χ2v) is 6.94. The van der Waals surface area contributed by atoms with Crippen molar-refractivity contribution in [3.63, 3.8) is 0 Å². The van der Waals surface area contributed by atoms with E-state index in [4.69, 9.17) is 4.74 Å². The SMILES string of the molecule is CCC1NC(CC(C)C)N(CCOC2CCCCC2)C1=O. The molecule has 0 aromatic heterocycles. The van der Waals surface area contributed by atoms with Gasteiger partial charge in [-0.3, -0.25) is 10.1 Å². The van der Waals surface area contributed by atoms with Gasteiger partial charge in [-0.05, 0) is 31.6 Å². The highest BCUT2D eigenvalue weighted by molar-refractivity contribution is 5.84. The van der Waals surface area contributed by atoms with Crippen molar-refractivity contribution < 1.29 is 9.53 Å². The summed E-state index contributed by atoms with van der Waals surface area (Å²) in [7, 11) is 0. The summed E-state index contributed by atoms with van der Waals surface area (Å²) in [5.41, 5.74) is 0. The second kappa shape index (κ2) is 8.14. The van der Waals surface area contributed by atoms with Crippen LogP contribution in [-0.2, 0) is 9.53 Å². The molecule has 1 saturated heterocycles. The summed E-state index contributed by atoms with van der Waals surface area (Å²) in [6.45, 7) is 7.91. The maximum Gasteiger partial charge on any atom is 0.241 e. The molecule has 0 aromatic carbocycles. The van der Waals surface area contributed by atoms with Crippen molar-refractivity contribution in [2.45, 2.75) is 84.0 Å². The Hall–Kier alpha value is -0.610. The number of carbonyl (C=O) groups excluding carboxylic acids is 1. The van der Waals surface area contributed by atoms with Crippen LogP contribution >= 0.6 is 0 Å². The highest BCUT2D eigenvalue weighted by atomic mass is 16.5. The normalized spacial score (nSPS) is 27.8. The first kappa shape index (κ1) is 16.8. The third-order valence-electron chi connectivity index (χ3n) is 4.69. The van der Waals surface area contributed by atoms with Crippen LogP contribution in [0.1, 0.15) is 65.7 Å². The van der Waals surface area contributed by atoms with E-state index in [1.807, 2.05) is 4.90 Å². The molecule has 1 amide bonds. The first-order chi connectivity index (χ1) is 10.1. The van der Waals surface area contributed by atoms with Gasteiger partial charge in [0.15, 0.2) is 0 Å². The van der Waals surface area contributed by atoms with Crippen LogP contribution in [0.4, 0.5) is 0 Å². The Morgan fingerprint density at radius 1 is 1.29 bits per heavy atom. The van der Waals surface area contributed by atoms with Crippen LogP contribution in [0, 0.1) is 5.92 Å². The van der Waals surface area contributed by atoms with Crippen molar-refractivity contribution in [2.24, 2.45) is 5.92 Å². The third-order valence-corrected chi connectivity index (χ3v) is 4.69. The highest BCUT2D eigenvalue weighted by Crippen LogP contribution is 2.22. The fourth-order valence-corrected chi connectivity index (χ4v) is 3.50. The molecule has 2 fully saturated rings. The molecule has 0 bridgehead atoms. The minimum absolute atomic E-state index is 0.00318. The van der Waals surface area contributed by atoms with Crippen LogP contribution in [0.5, 0.6) is 0 Å². The van der Waals surface area contributed by atoms with E-state index in [0.29, 0.717) is 18.6 Å². The molecule has 4 heteroatoms. The summed E-state index contributed by atoms with van der Waals surface area (Å²) in [6, 6.07) is 0.00318. The summed E-state index contributed by atoms with van der Waals surface area (Å²) in [5.74, 6) is 0.850. The molecular formula is C17H32N2O2. The molecule has 0 spiro atoms. The number of hydrogen-bond donors (Lipinski definition) is 1. The lowest BCUT2D eigenvalue weighted by Gasteiger charge is -2.27. The molecule has 1 aliphatic carbocycles. The summed E-state index contributed by atoms with van der Waals surface area (Å²) < 4.78 is 5.99. The number of carbonyl (C=O) groups is 1. The Labute approximate surface area is 129 Å². The number of nitrogens with one attached hydrogen (secondary N) is 1. The lowest BCUT2D eigenvalue weighted by molar-refractivity contribution is -0.131. The van der Waals surface area contributed by atoms with Gasteiger partial charge in [0.1, 0.15) is 0 Å². The van der Waals surface area contributed by atoms with Gasteiger partial charge in [-0.25, -0.2) is 0 Å². The Balaban J connectivity index is 1.81. The zero-order valence-electron chi connectivity index (χ0n) is 13.9. The van der Waals surface area contributed by atoms with Crippen LogP contribution in [0.15, 0.2) is 0 Å². The van der Waals surface area contributed by atoms with E-state index in [2.05, 4.69) is 26.1 Å². The smallest absolute Gasteiger partial charge is 0.241 e. The van der Waals surface area contributed by atoms with Gasteiger partial charge in [-0.1, -0.05) is 40.0 Å². The van der Waals surface area contributed by atoms with Gasteiger partial charge in [0.05, 0.1) is 24.9 Å². The van der Waals surface area contributed by atoms with Crippen molar-refractivity contribution in [2.75, 3.05) is 13.2 Å². The van der Waals surface area contributed by atoms with Gasteiger partial charge < -0.3 is 9.64 Å². The van der Waals surface area contributed by atoms with Crippen LogP contribution in [-0.4, -0.2) is 42.3 Å². The van der Waals surface area contributed by atoms with E-state index in [9.17, 15) is 4.79 Å². The number of ether oxygens (including phenoxy) is 1. The number of nitrogens with zero attached hydrogens (tertiary/aromatic N) is 1. The zero-order chi connectivity index (χ0) is 15.2. The third kappa shape index (κ3) is 4.68. The summed E-state index contributed by atoms with van der Waals surface area (Å²) in [4.78, 5) is 14.4. The maximum absolute atomic E-state index is 12.4. The minimum Gasteiger partial charge on any atom is -0.376 e. The molecule has 4 nitrogen and oxygen atoms in total. The van der Waals surface area contributed by atoms with E-state index in [1.54, 1.807) is 0 Å². The Morgan fingerprint density at radius 3 is 2.62 bits per heavy atom. The Morgan fingerprint density at radius 2 is 2.00 bits per heavy atom. The van der Waals surface area contributed by atoms with Crippen molar-refractivity contribution in [3.05, 3.63) is 0 Å². The minimum atomic E-state index is 0.00318.